The van der Waals surface area contributed by atoms with Crippen LogP contribution in [0.4, 0.5) is 0 Å². The second kappa shape index (κ2) is 5.38. The quantitative estimate of drug-likeness (QED) is 0.856. The smallest absolute Gasteiger partial charge is 0.134 e. The molecule has 19 heavy (non-hydrogen) atoms. The monoisotopic (exact) mass is 259 g/mol. The van der Waals surface area contributed by atoms with E-state index in [9.17, 15) is 0 Å². The molecule has 1 aromatic heterocycles. The third kappa shape index (κ3) is 3.38. The summed E-state index contributed by atoms with van der Waals surface area (Å²) in [6.45, 7) is 12.3. The molecule has 1 heterocycles. The molecule has 0 bridgehead atoms. The summed E-state index contributed by atoms with van der Waals surface area (Å²) in [7, 11) is 0. The Morgan fingerprint density at radius 1 is 1.16 bits per heavy atom. The fraction of sp³-hybridized carbons (Fsp3) is 0.529. The number of rotatable bonds is 4. The van der Waals surface area contributed by atoms with Crippen molar-refractivity contribution in [2.75, 3.05) is 6.54 Å². The Bertz CT molecular complexity index is 502. The summed E-state index contributed by atoms with van der Waals surface area (Å²) in [4.78, 5) is 0. The van der Waals surface area contributed by atoms with Crippen molar-refractivity contribution in [3.05, 3.63) is 36.1 Å². The van der Waals surface area contributed by atoms with E-state index in [1.165, 1.54) is 5.39 Å². The van der Waals surface area contributed by atoms with Crippen LogP contribution >= 0.6 is 0 Å². The predicted octanol–water partition coefficient (Wildman–Crippen LogP) is 4.77. The van der Waals surface area contributed by atoms with Gasteiger partial charge in [0.2, 0.25) is 0 Å². The van der Waals surface area contributed by atoms with E-state index < -0.39 is 0 Å². The highest BCUT2D eigenvalue weighted by Gasteiger charge is 2.21. The van der Waals surface area contributed by atoms with Gasteiger partial charge in [-0.2, -0.15) is 0 Å². The van der Waals surface area contributed by atoms with Crippen LogP contribution in [-0.2, 0) is 0 Å². The Kier molecular flexibility index (Phi) is 4.00. The van der Waals surface area contributed by atoms with Crippen molar-refractivity contribution in [2.45, 2.75) is 40.7 Å². The van der Waals surface area contributed by atoms with Crippen LogP contribution < -0.4 is 5.32 Å². The van der Waals surface area contributed by atoms with Gasteiger partial charge in [-0.05, 0) is 36.9 Å². The van der Waals surface area contributed by atoms with Gasteiger partial charge < -0.3 is 9.73 Å². The van der Waals surface area contributed by atoms with Crippen LogP contribution in [0.15, 0.2) is 34.7 Å². The molecule has 2 aromatic rings. The van der Waals surface area contributed by atoms with Gasteiger partial charge in [-0.25, -0.2) is 0 Å². The van der Waals surface area contributed by atoms with Gasteiger partial charge >= 0.3 is 0 Å². The van der Waals surface area contributed by atoms with Gasteiger partial charge in [0.25, 0.3) is 0 Å². The van der Waals surface area contributed by atoms with Crippen LogP contribution in [0.25, 0.3) is 11.0 Å². The second-order valence-corrected chi connectivity index (χ2v) is 6.58. The number of fused-ring (bicyclic) bond motifs is 1. The molecule has 0 radical (unpaired) electrons. The first kappa shape index (κ1) is 14.1. The highest BCUT2D eigenvalue weighted by molar-refractivity contribution is 5.77. The van der Waals surface area contributed by atoms with Gasteiger partial charge in [0.1, 0.15) is 11.3 Å². The Hall–Kier alpha value is -1.28. The molecular formula is C17H25NO. The van der Waals surface area contributed by atoms with Crippen LogP contribution in [0.1, 0.15) is 46.4 Å². The van der Waals surface area contributed by atoms with E-state index in [0.29, 0.717) is 11.3 Å². The summed E-state index contributed by atoms with van der Waals surface area (Å²) in [6, 6.07) is 10.5. The summed E-state index contributed by atoms with van der Waals surface area (Å²) >= 11 is 0. The molecule has 2 unspecified atom stereocenters. The van der Waals surface area contributed by atoms with Gasteiger partial charge in [-0.3, -0.25) is 0 Å². The van der Waals surface area contributed by atoms with Crippen LogP contribution in [0.2, 0.25) is 0 Å². The molecule has 1 aromatic carbocycles. The minimum absolute atomic E-state index is 0.247. The normalized spacial score (nSPS) is 15.6. The maximum Gasteiger partial charge on any atom is 0.134 e. The van der Waals surface area contributed by atoms with E-state index >= 15 is 0 Å². The van der Waals surface area contributed by atoms with Crippen LogP contribution in [-0.4, -0.2) is 6.54 Å². The van der Waals surface area contributed by atoms with Crippen molar-refractivity contribution in [2.24, 2.45) is 11.3 Å². The van der Waals surface area contributed by atoms with Crippen LogP contribution in [0, 0.1) is 11.3 Å². The molecule has 0 spiro atoms. The average Bonchev–Trinajstić information content (AvgIpc) is 2.78. The number of furan rings is 1. The lowest BCUT2D eigenvalue weighted by Gasteiger charge is -2.28. The maximum atomic E-state index is 5.89. The van der Waals surface area contributed by atoms with Crippen molar-refractivity contribution in [1.82, 2.24) is 5.32 Å². The van der Waals surface area contributed by atoms with Crippen molar-refractivity contribution < 1.29 is 4.42 Å². The third-order valence-corrected chi connectivity index (χ3v) is 4.08. The molecule has 104 valence electrons. The molecule has 0 aliphatic carbocycles. The Morgan fingerprint density at radius 3 is 2.47 bits per heavy atom. The molecule has 0 aliphatic heterocycles. The topological polar surface area (TPSA) is 25.2 Å². The molecule has 0 fully saturated rings. The van der Waals surface area contributed by atoms with Crippen LogP contribution in [0.3, 0.4) is 0 Å². The van der Waals surface area contributed by atoms with Crippen molar-refractivity contribution in [3.8, 4) is 0 Å². The van der Waals surface area contributed by atoms with Crippen molar-refractivity contribution in [1.29, 1.82) is 0 Å². The van der Waals surface area contributed by atoms with Gasteiger partial charge in [0, 0.05) is 5.39 Å². The lowest BCUT2D eigenvalue weighted by atomic mass is 9.82. The highest BCUT2D eigenvalue weighted by atomic mass is 16.3. The fourth-order valence-electron chi connectivity index (χ4n) is 1.98. The van der Waals surface area contributed by atoms with Crippen molar-refractivity contribution >= 4 is 11.0 Å². The summed E-state index contributed by atoms with van der Waals surface area (Å²) in [5.41, 5.74) is 1.30. The minimum atomic E-state index is 0.247. The lowest BCUT2D eigenvalue weighted by molar-refractivity contribution is 0.243. The summed E-state index contributed by atoms with van der Waals surface area (Å²) in [6.07, 6.45) is 0. The van der Waals surface area contributed by atoms with Crippen LogP contribution in [0.5, 0.6) is 0 Å². The van der Waals surface area contributed by atoms with E-state index in [1.807, 2.05) is 18.2 Å². The molecule has 0 aliphatic rings. The Balaban J connectivity index is 2.02. The SMILES string of the molecule is CC(NCC(C)C(C)(C)C)c1cc2ccccc2o1. The first-order chi connectivity index (χ1) is 8.88. The minimum Gasteiger partial charge on any atom is -0.459 e. The Labute approximate surface area is 116 Å². The van der Waals surface area contributed by atoms with E-state index in [4.69, 9.17) is 4.42 Å². The lowest BCUT2D eigenvalue weighted by Crippen LogP contribution is -2.31. The zero-order valence-electron chi connectivity index (χ0n) is 12.7. The molecule has 2 heteroatoms. The standard InChI is InChI=1S/C17H25NO/c1-12(17(3,4)5)11-18-13(2)16-10-14-8-6-7-9-15(14)19-16/h6-10,12-13,18H,11H2,1-5H3. The zero-order valence-corrected chi connectivity index (χ0v) is 12.7. The largest absolute Gasteiger partial charge is 0.459 e. The maximum absolute atomic E-state index is 5.89. The molecule has 2 atom stereocenters. The number of hydrogen-bond donors (Lipinski definition) is 1. The molecule has 2 rings (SSSR count). The van der Waals surface area contributed by atoms with Gasteiger partial charge in [-0.15, -0.1) is 0 Å². The molecule has 0 amide bonds. The summed E-state index contributed by atoms with van der Waals surface area (Å²) in [5, 5.41) is 4.75. The number of nitrogens with one attached hydrogen (secondary N) is 1. The predicted molar refractivity (Wildman–Crippen MR) is 81.3 cm³/mol. The molecular weight excluding hydrogens is 234 g/mol. The third-order valence-electron chi connectivity index (χ3n) is 4.08. The summed E-state index contributed by atoms with van der Waals surface area (Å²) < 4.78 is 5.89. The van der Waals surface area contributed by atoms with Crippen molar-refractivity contribution in [3.63, 3.8) is 0 Å². The van der Waals surface area contributed by atoms with Gasteiger partial charge in [0.15, 0.2) is 0 Å². The molecule has 1 N–H and O–H groups in total. The molecule has 0 saturated carbocycles. The fourth-order valence-corrected chi connectivity index (χ4v) is 1.98. The highest BCUT2D eigenvalue weighted by Crippen LogP contribution is 2.27. The second-order valence-electron chi connectivity index (χ2n) is 6.58. The first-order valence-corrected chi connectivity index (χ1v) is 7.10. The number of benzene rings is 1. The van der Waals surface area contributed by atoms with E-state index in [1.54, 1.807) is 0 Å². The van der Waals surface area contributed by atoms with E-state index in [-0.39, 0.29) is 6.04 Å². The summed E-state index contributed by atoms with van der Waals surface area (Å²) in [5.74, 6) is 1.64. The number of para-hydroxylation sites is 1. The average molecular weight is 259 g/mol. The zero-order chi connectivity index (χ0) is 14.0. The number of hydrogen-bond acceptors (Lipinski definition) is 2. The van der Waals surface area contributed by atoms with E-state index in [0.717, 1.165) is 17.9 Å². The molecule has 2 nitrogen and oxygen atoms in total. The van der Waals surface area contributed by atoms with Gasteiger partial charge in [-0.1, -0.05) is 45.9 Å². The molecule has 0 saturated heterocycles. The van der Waals surface area contributed by atoms with Gasteiger partial charge in [0.05, 0.1) is 6.04 Å². The first-order valence-electron chi connectivity index (χ1n) is 7.10. The Morgan fingerprint density at radius 2 is 1.84 bits per heavy atom. The van der Waals surface area contributed by atoms with E-state index in [2.05, 4.69) is 52.1 Å².